The lowest BCUT2D eigenvalue weighted by molar-refractivity contribution is 0.454. The van der Waals surface area contributed by atoms with Gasteiger partial charge in [0.05, 0.1) is 11.6 Å². The van der Waals surface area contributed by atoms with Gasteiger partial charge in [0.2, 0.25) is 0 Å². The highest BCUT2D eigenvalue weighted by molar-refractivity contribution is 6.17. The molecule has 0 bridgehead atoms. The minimum atomic E-state index is -0.399. The summed E-state index contributed by atoms with van der Waals surface area (Å²) in [6, 6.07) is 13.9. The molecular weight excluding hydrogens is 249 g/mol. The van der Waals surface area contributed by atoms with Crippen LogP contribution in [-0.4, -0.2) is 12.7 Å². The summed E-state index contributed by atoms with van der Waals surface area (Å²) in [7, 11) is -0.399. The van der Waals surface area contributed by atoms with E-state index in [2.05, 4.69) is 32.0 Å². The average Bonchev–Trinajstić information content (AvgIpc) is 2.69. The predicted octanol–water partition coefficient (Wildman–Crippen LogP) is 2.50. The van der Waals surface area contributed by atoms with Crippen LogP contribution < -0.4 is 4.65 Å². The first kappa shape index (κ1) is 12.8. The Bertz CT molecular complexity index is 732. The van der Waals surface area contributed by atoms with Crippen LogP contribution in [0.2, 0.25) is 0 Å². The van der Waals surface area contributed by atoms with Crippen molar-refractivity contribution >= 4 is 7.69 Å². The fourth-order valence-electron chi connectivity index (χ4n) is 3.03. The van der Waals surface area contributed by atoms with Crippen LogP contribution in [0.25, 0.3) is 11.1 Å². The van der Waals surface area contributed by atoms with Gasteiger partial charge >= 0.3 is 7.69 Å². The molecule has 1 aliphatic carbocycles. The van der Waals surface area contributed by atoms with E-state index in [1.165, 1.54) is 5.56 Å². The highest BCUT2D eigenvalue weighted by Crippen LogP contribution is 2.52. The Morgan fingerprint density at radius 2 is 1.95 bits per heavy atom. The Morgan fingerprint density at radius 1 is 1.20 bits per heavy atom. The summed E-state index contributed by atoms with van der Waals surface area (Å²) in [4.78, 5) is 0. The predicted molar refractivity (Wildman–Crippen MR) is 78.7 cm³/mol. The van der Waals surface area contributed by atoms with E-state index in [4.69, 9.17) is 9.68 Å². The molecule has 0 aromatic heterocycles. The molecule has 1 N–H and O–H groups in total. The number of nitrogens with zero attached hydrogens (tertiary/aromatic N) is 1. The number of hydrogen-bond acceptors (Lipinski definition) is 3. The Hall–Kier alpha value is -2.25. The summed E-state index contributed by atoms with van der Waals surface area (Å²) in [5.41, 5.74) is 4.76. The minimum Gasteiger partial charge on any atom is -0.538 e. The van der Waals surface area contributed by atoms with E-state index >= 15 is 0 Å². The van der Waals surface area contributed by atoms with E-state index in [9.17, 15) is 5.26 Å². The van der Waals surface area contributed by atoms with Gasteiger partial charge in [-0.3, -0.25) is 0 Å². The van der Waals surface area contributed by atoms with E-state index < -0.39 is 7.69 Å². The third kappa shape index (κ3) is 1.64. The first-order valence-corrected chi connectivity index (χ1v) is 6.51. The SMILES string of the molecule is CC1(C)c2ccccc2-c2c(OBO)cc(C#N)cc21. The van der Waals surface area contributed by atoms with Gasteiger partial charge in [0.15, 0.2) is 0 Å². The van der Waals surface area contributed by atoms with E-state index in [1.807, 2.05) is 18.2 Å². The van der Waals surface area contributed by atoms with Gasteiger partial charge in [-0.25, -0.2) is 0 Å². The number of hydrogen-bond donors (Lipinski definition) is 1. The third-order valence-corrected chi connectivity index (χ3v) is 3.99. The minimum absolute atomic E-state index is 0.174. The van der Waals surface area contributed by atoms with E-state index in [-0.39, 0.29) is 5.41 Å². The van der Waals surface area contributed by atoms with E-state index in [0.717, 1.165) is 16.7 Å². The third-order valence-electron chi connectivity index (χ3n) is 3.99. The van der Waals surface area contributed by atoms with Crippen molar-refractivity contribution in [3.8, 4) is 22.9 Å². The maximum absolute atomic E-state index is 9.18. The summed E-state index contributed by atoms with van der Waals surface area (Å²) >= 11 is 0. The lowest BCUT2D eigenvalue weighted by Gasteiger charge is -2.21. The van der Waals surface area contributed by atoms with Crippen molar-refractivity contribution in [3.63, 3.8) is 0 Å². The lowest BCUT2D eigenvalue weighted by Crippen LogP contribution is -2.15. The largest absolute Gasteiger partial charge is 0.538 e. The Kier molecular flexibility index (Phi) is 2.81. The molecule has 0 unspecified atom stereocenters. The monoisotopic (exact) mass is 263 g/mol. The summed E-state index contributed by atoms with van der Waals surface area (Å²) < 4.78 is 5.35. The molecule has 0 fully saturated rings. The zero-order chi connectivity index (χ0) is 14.3. The van der Waals surface area contributed by atoms with Crippen molar-refractivity contribution in [3.05, 3.63) is 53.1 Å². The van der Waals surface area contributed by atoms with Crippen molar-refractivity contribution in [2.45, 2.75) is 19.3 Å². The molecule has 0 aliphatic heterocycles. The fourth-order valence-corrected chi connectivity index (χ4v) is 3.03. The molecular formula is C16H14BNO2. The van der Waals surface area contributed by atoms with Gasteiger partial charge in [0, 0.05) is 11.0 Å². The number of benzene rings is 2. The standard InChI is InChI=1S/C16H14BNO2/c1-16(2)12-6-4-3-5-11(12)15-13(16)7-10(9-18)8-14(15)20-17-19/h3-8,17,19H,1-2H3. The van der Waals surface area contributed by atoms with E-state index in [0.29, 0.717) is 11.3 Å². The first-order chi connectivity index (χ1) is 9.59. The molecule has 20 heavy (non-hydrogen) atoms. The molecule has 2 aromatic carbocycles. The molecule has 0 radical (unpaired) electrons. The Labute approximate surface area is 118 Å². The fraction of sp³-hybridized carbons (Fsp3) is 0.188. The number of nitriles is 1. The van der Waals surface area contributed by atoms with Crippen LogP contribution in [-0.2, 0) is 5.41 Å². The highest BCUT2D eigenvalue weighted by atomic mass is 16.5. The van der Waals surface area contributed by atoms with Gasteiger partial charge in [-0.05, 0) is 28.8 Å². The highest BCUT2D eigenvalue weighted by Gasteiger charge is 2.37. The number of rotatable bonds is 2. The van der Waals surface area contributed by atoms with Crippen LogP contribution in [0.1, 0.15) is 30.5 Å². The van der Waals surface area contributed by atoms with Crippen LogP contribution in [0, 0.1) is 11.3 Å². The van der Waals surface area contributed by atoms with Crippen LogP contribution in [0.4, 0.5) is 0 Å². The Morgan fingerprint density at radius 3 is 2.65 bits per heavy atom. The molecule has 0 heterocycles. The second-order valence-electron chi connectivity index (χ2n) is 5.45. The molecule has 0 saturated carbocycles. The van der Waals surface area contributed by atoms with Crippen LogP contribution in [0.15, 0.2) is 36.4 Å². The second-order valence-corrected chi connectivity index (χ2v) is 5.45. The molecule has 1 aliphatic rings. The Balaban J connectivity index is 2.37. The van der Waals surface area contributed by atoms with Crippen molar-refractivity contribution in [1.29, 1.82) is 5.26 Å². The molecule has 0 amide bonds. The zero-order valence-corrected chi connectivity index (χ0v) is 11.5. The lowest BCUT2D eigenvalue weighted by atomic mass is 9.82. The molecule has 0 saturated heterocycles. The van der Waals surface area contributed by atoms with Gasteiger partial charge in [-0.15, -0.1) is 0 Å². The van der Waals surface area contributed by atoms with Crippen molar-refractivity contribution < 1.29 is 9.68 Å². The molecule has 0 spiro atoms. The van der Waals surface area contributed by atoms with Crippen LogP contribution in [0.3, 0.4) is 0 Å². The quantitative estimate of drug-likeness (QED) is 0.847. The van der Waals surface area contributed by atoms with Crippen molar-refractivity contribution in [2.24, 2.45) is 0 Å². The molecule has 4 heteroatoms. The van der Waals surface area contributed by atoms with Gasteiger partial charge in [0.25, 0.3) is 0 Å². The average molecular weight is 263 g/mol. The summed E-state index contributed by atoms with van der Waals surface area (Å²) in [6.45, 7) is 4.28. The molecule has 3 nitrogen and oxygen atoms in total. The molecule has 98 valence electrons. The van der Waals surface area contributed by atoms with Gasteiger partial charge < -0.3 is 9.68 Å². The molecule has 2 aromatic rings. The normalized spacial score (nSPS) is 14.1. The van der Waals surface area contributed by atoms with Crippen LogP contribution >= 0.6 is 0 Å². The molecule has 3 rings (SSSR count). The first-order valence-electron chi connectivity index (χ1n) is 6.51. The smallest absolute Gasteiger partial charge is 0.504 e. The van der Waals surface area contributed by atoms with E-state index in [1.54, 1.807) is 6.07 Å². The number of fused-ring (bicyclic) bond motifs is 3. The summed E-state index contributed by atoms with van der Waals surface area (Å²) in [6.07, 6.45) is 0. The van der Waals surface area contributed by atoms with Gasteiger partial charge in [-0.2, -0.15) is 5.26 Å². The maximum atomic E-state index is 9.18. The summed E-state index contributed by atoms with van der Waals surface area (Å²) in [5.74, 6) is 0.569. The summed E-state index contributed by atoms with van der Waals surface area (Å²) in [5, 5.41) is 18.3. The van der Waals surface area contributed by atoms with Crippen LogP contribution in [0.5, 0.6) is 5.75 Å². The van der Waals surface area contributed by atoms with Gasteiger partial charge in [-0.1, -0.05) is 38.1 Å². The second kappa shape index (κ2) is 4.40. The van der Waals surface area contributed by atoms with Crippen molar-refractivity contribution in [1.82, 2.24) is 0 Å². The zero-order valence-electron chi connectivity index (χ0n) is 11.5. The topological polar surface area (TPSA) is 53.2 Å². The maximum Gasteiger partial charge on any atom is 0.504 e. The van der Waals surface area contributed by atoms with Crippen molar-refractivity contribution in [2.75, 3.05) is 0 Å². The molecule has 0 atom stereocenters. The van der Waals surface area contributed by atoms with Gasteiger partial charge in [0.1, 0.15) is 5.75 Å².